The Labute approximate surface area is 56.8 Å². The molecule has 1 nitrogen and oxygen atoms in total. The summed E-state index contributed by atoms with van der Waals surface area (Å²) >= 11 is 0. The zero-order valence-electron chi connectivity index (χ0n) is 6.40. The Bertz CT molecular complexity index is 119. The van der Waals surface area contributed by atoms with E-state index < -0.39 is 0 Å². The van der Waals surface area contributed by atoms with Crippen LogP contribution in [0.1, 0.15) is 33.6 Å². The quantitative estimate of drug-likeness (QED) is 0.420. The number of carbonyl (C=O) groups is 1. The number of allylic oxidation sites excluding steroid dienone is 2. The van der Waals surface area contributed by atoms with E-state index >= 15 is 0 Å². The molecule has 0 aliphatic rings. The first-order valence-electron chi connectivity index (χ1n) is 3.25. The summed E-state index contributed by atoms with van der Waals surface area (Å²) in [5, 5.41) is 0. The maximum absolute atomic E-state index is 10.4. The van der Waals surface area contributed by atoms with E-state index in [2.05, 4.69) is 6.08 Å². The van der Waals surface area contributed by atoms with Crippen molar-refractivity contribution < 1.29 is 4.79 Å². The van der Waals surface area contributed by atoms with Gasteiger partial charge in [-0.3, -0.25) is 0 Å². The molecule has 0 bridgehead atoms. The van der Waals surface area contributed by atoms with E-state index in [1.54, 1.807) is 6.92 Å². The highest BCUT2D eigenvalue weighted by molar-refractivity contribution is 5.75. The minimum atomic E-state index is 0.271. The molecule has 0 heterocycles. The van der Waals surface area contributed by atoms with Crippen molar-refractivity contribution in [2.45, 2.75) is 33.6 Å². The van der Waals surface area contributed by atoms with Gasteiger partial charge in [0.05, 0.1) is 0 Å². The molecule has 0 N–H and O–H groups in total. The van der Waals surface area contributed by atoms with Crippen LogP contribution in [0, 0.1) is 0 Å². The molecule has 0 aliphatic heterocycles. The molecular formula is C8H14O. The van der Waals surface area contributed by atoms with E-state index in [4.69, 9.17) is 0 Å². The van der Waals surface area contributed by atoms with E-state index in [1.165, 1.54) is 5.57 Å². The van der Waals surface area contributed by atoms with Gasteiger partial charge in [0.25, 0.3) is 0 Å². The summed E-state index contributed by atoms with van der Waals surface area (Å²) in [5.74, 6) is 0.271. The summed E-state index contributed by atoms with van der Waals surface area (Å²) in [6.45, 7) is 5.71. The molecule has 1 heteroatoms. The first kappa shape index (κ1) is 8.41. The summed E-state index contributed by atoms with van der Waals surface area (Å²) in [6.07, 6.45) is 3.67. The van der Waals surface area contributed by atoms with Crippen molar-refractivity contribution in [3.05, 3.63) is 11.6 Å². The van der Waals surface area contributed by atoms with Gasteiger partial charge in [-0.15, -0.1) is 0 Å². The highest BCUT2D eigenvalue weighted by atomic mass is 16.1. The zero-order valence-corrected chi connectivity index (χ0v) is 6.40. The molecule has 0 fully saturated rings. The van der Waals surface area contributed by atoms with Crippen molar-refractivity contribution in [3.63, 3.8) is 0 Å². The van der Waals surface area contributed by atoms with Crippen molar-refractivity contribution in [1.82, 2.24) is 0 Å². The Morgan fingerprint density at radius 3 is 2.22 bits per heavy atom. The Morgan fingerprint density at radius 2 is 1.89 bits per heavy atom. The molecule has 0 saturated carbocycles. The molecule has 52 valence electrons. The lowest BCUT2D eigenvalue weighted by Gasteiger charge is -1.89. The van der Waals surface area contributed by atoms with Crippen LogP contribution in [0.4, 0.5) is 0 Å². The van der Waals surface area contributed by atoms with Gasteiger partial charge < -0.3 is 4.79 Å². The third kappa shape index (κ3) is 7.41. The van der Waals surface area contributed by atoms with E-state index in [0.717, 1.165) is 6.42 Å². The minimum absolute atomic E-state index is 0.271. The molecule has 0 aromatic heterocycles. The third-order valence-corrected chi connectivity index (χ3v) is 1.05. The van der Waals surface area contributed by atoms with E-state index in [-0.39, 0.29) is 5.78 Å². The summed E-state index contributed by atoms with van der Waals surface area (Å²) in [5.41, 5.74) is 1.29. The predicted octanol–water partition coefficient (Wildman–Crippen LogP) is 2.32. The molecule has 0 amide bonds. The fourth-order valence-corrected chi connectivity index (χ4v) is 0.564. The fraction of sp³-hybridized carbons (Fsp3) is 0.625. The van der Waals surface area contributed by atoms with Crippen LogP contribution in [0.5, 0.6) is 0 Å². The lowest BCUT2D eigenvalue weighted by Crippen LogP contribution is -1.86. The normalized spacial score (nSPS) is 8.78. The third-order valence-electron chi connectivity index (χ3n) is 1.05. The summed E-state index contributed by atoms with van der Waals surface area (Å²) in [4.78, 5) is 10.4. The molecule has 0 rings (SSSR count). The zero-order chi connectivity index (χ0) is 7.28. The van der Waals surface area contributed by atoms with Crippen molar-refractivity contribution in [1.29, 1.82) is 0 Å². The highest BCUT2D eigenvalue weighted by Crippen LogP contribution is 1.96. The van der Waals surface area contributed by atoms with Gasteiger partial charge in [-0.2, -0.15) is 0 Å². The summed E-state index contributed by atoms with van der Waals surface area (Å²) in [7, 11) is 0. The van der Waals surface area contributed by atoms with Gasteiger partial charge in [0.15, 0.2) is 0 Å². The summed E-state index contributed by atoms with van der Waals surface area (Å²) < 4.78 is 0. The van der Waals surface area contributed by atoms with Crippen LogP contribution in [0.15, 0.2) is 11.6 Å². The van der Waals surface area contributed by atoms with Gasteiger partial charge in [-0.25, -0.2) is 0 Å². The number of rotatable bonds is 3. The van der Waals surface area contributed by atoms with Gasteiger partial charge in [0.2, 0.25) is 0 Å². The second-order valence-corrected chi connectivity index (χ2v) is 2.52. The molecule has 0 saturated heterocycles. The standard InChI is InChI=1S/C8H14O/c1-7(2)5-4-6-8(3)9/h5H,4,6H2,1-3H3/i6+1. The fourth-order valence-electron chi connectivity index (χ4n) is 0.564. The van der Waals surface area contributed by atoms with Crippen molar-refractivity contribution in [2.75, 3.05) is 0 Å². The largest absolute Gasteiger partial charge is 0.300 e. The van der Waals surface area contributed by atoms with E-state index in [1.807, 2.05) is 13.8 Å². The maximum atomic E-state index is 10.4. The Kier molecular flexibility index (Phi) is 4.02. The SMILES string of the molecule is CC(=O)[13CH2]CC=C(C)C. The average molecular weight is 127 g/mol. The molecular weight excluding hydrogens is 113 g/mol. The minimum Gasteiger partial charge on any atom is -0.300 e. The topological polar surface area (TPSA) is 17.1 Å². The molecule has 0 aromatic carbocycles. The lowest BCUT2D eigenvalue weighted by atomic mass is 10.3. The predicted molar refractivity (Wildman–Crippen MR) is 39.3 cm³/mol. The number of hydrogen-bond donors (Lipinski definition) is 0. The molecule has 0 radical (unpaired) electrons. The van der Waals surface area contributed by atoms with Gasteiger partial charge in [-0.05, 0) is 27.2 Å². The van der Waals surface area contributed by atoms with Crippen LogP contribution in [0.3, 0.4) is 0 Å². The summed E-state index contributed by atoms with van der Waals surface area (Å²) in [6, 6.07) is 0. The first-order valence-corrected chi connectivity index (χ1v) is 3.25. The molecule has 0 aromatic rings. The van der Waals surface area contributed by atoms with Crippen molar-refractivity contribution in [2.24, 2.45) is 0 Å². The maximum Gasteiger partial charge on any atom is 0.130 e. The van der Waals surface area contributed by atoms with Crippen LogP contribution < -0.4 is 0 Å². The van der Waals surface area contributed by atoms with Crippen molar-refractivity contribution in [3.8, 4) is 0 Å². The second kappa shape index (κ2) is 4.30. The average Bonchev–Trinajstić information content (AvgIpc) is 1.63. The number of carbonyl (C=O) groups excluding carboxylic acids is 1. The monoisotopic (exact) mass is 127 g/mol. The van der Waals surface area contributed by atoms with Gasteiger partial charge in [0, 0.05) is 6.42 Å². The molecule has 9 heavy (non-hydrogen) atoms. The van der Waals surface area contributed by atoms with Gasteiger partial charge >= 0.3 is 0 Å². The van der Waals surface area contributed by atoms with Gasteiger partial charge in [-0.1, -0.05) is 11.6 Å². The van der Waals surface area contributed by atoms with E-state index in [9.17, 15) is 4.79 Å². The second-order valence-electron chi connectivity index (χ2n) is 2.52. The van der Waals surface area contributed by atoms with Crippen LogP contribution in [-0.2, 0) is 4.79 Å². The lowest BCUT2D eigenvalue weighted by molar-refractivity contribution is -0.116. The van der Waals surface area contributed by atoms with Gasteiger partial charge in [0.1, 0.15) is 5.78 Å². The van der Waals surface area contributed by atoms with Crippen LogP contribution in [-0.4, -0.2) is 5.78 Å². The number of ketones is 1. The van der Waals surface area contributed by atoms with Crippen LogP contribution in [0.25, 0.3) is 0 Å². The Hall–Kier alpha value is -0.590. The van der Waals surface area contributed by atoms with E-state index in [0.29, 0.717) is 6.42 Å². The van der Waals surface area contributed by atoms with Crippen molar-refractivity contribution >= 4 is 5.78 Å². The highest BCUT2D eigenvalue weighted by Gasteiger charge is 1.88. The Morgan fingerprint density at radius 1 is 1.33 bits per heavy atom. The van der Waals surface area contributed by atoms with Crippen LogP contribution >= 0.6 is 0 Å². The smallest absolute Gasteiger partial charge is 0.130 e. The number of hydrogen-bond acceptors (Lipinski definition) is 1. The Balaban J connectivity index is 3.31. The molecule has 0 unspecified atom stereocenters. The molecule has 0 atom stereocenters. The molecule has 0 spiro atoms. The molecule has 0 aliphatic carbocycles. The van der Waals surface area contributed by atoms with Crippen LogP contribution in [0.2, 0.25) is 0 Å². The first-order chi connectivity index (χ1) is 4.13. The number of Topliss-reactive ketones (excluding diaryl/α,β-unsaturated/α-hetero) is 1.